The second-order valence-corrected chi connectivity index (χ2v) is 6.67. The van der Waals surface area contributed by atoms with Crippen LogP contribution in [0.15, 0.2) is 25.6 Å². The molecule has 1 aromatic rings. The van der Waals surface area contributed by atoms with E-state index in [1.165, 1.54) is 0 Å². The lowest BCUT2D eigenvalue weighted by molar-refractivity contribution is -0.116. The number of rotatable bonds is 5. The van der Waals surface area contributed by atoms with Crippen molar-refractivity contribution < 1.29 is 4.79 Å². The van der Waals surface area contributed by atoms with Crippen LogP contribution in [-0.4, -0.2) is 11.9 Å². The van der Waals surface area contributed by atoms with Gasteiger partial charge in [-0.05, 0) is 50.4 Å². The average molecular weight is 443 g/mol. The van der Waals surface area contributed by atoms with Crippen LogP contribution in [0.25, 0.3) is 0 Å². The lowest BCUT2D eigenvalue weighted by Gasteiger charge is -2.13. The van der Waals surface area contributed by atoms with E-state index in [4.69, 9.17) is 5.73 Å². The molecule has 3 N–H and O–H groups in total. The van der Waals surface area contributed by atoms with Crippen LogP contribution in [0.3, 0.4) is 0 Å². The lowest BCUT2D eigenvalue weighted by Crippen LogP contribution is -2.27. The molecule has 3 nitrogen and oxygen atoms in total. The van der Waals surface area contributed by atoms with Crippen LogP contribution in [0.4, 0.5) is 5.69 Å². The zero-order valence-electron chi connectivity index (χ0n) is 9.97. The van der Waals surface area contributed by atoms with Gasteiger partial charge in [0.1, 0.15) is 0 Å². The summed E-state index contributed by atoms with van der Waals surface area (Å²) >= 11 is 10.2. The first-order chi connectivity index (χ1) is 8.43. The molecule has 0 heterocycles. The molecule has 100 valence electrons. The summed E-state index contributed by atoms with van der Waals surface area (Å²) in [5.41, 5.74) is 6.58. The Bertz CT molecular complexity index is 414. The number of carbonyl (C=O) groups excluding carboxylic acids is 1. The second kappa shape index (κ2) is 7.62. The number of hydrogen-bond donors (Lipinski definition) is 2. The maximum Gasteiger partial charge on any atom is 0.225 e. The molecule has 0 saturated carbocycles. The minimum absolute atomic E-state index is 0.0697. The monoisotopic (exact) mass is 440 g/mol. The summed E-state index contributed by atoms with van der Waals surface area (Å²) in [5, 5.41) is 2.86. The summed E-state index contributed by atoms with van der Waals surface area (Å²) in [5.74, 6) is -0.0697. The molecule has 1 amide bonds. The molecule has 1 rings (SSSR count). The highest BCUT2D eigenvalue weighted by Gasteiger charge is 2.13. The van der Waals surface area contributed by atoms with Crippen LogP contribution in [0.2, 0.25) is 0 Å². The normalized spacial score (nSPS) is 12.3. The van der Waals surface area contributed by atoms with Gasteiger partial charge < -0.3 is 11.1 Å². The second-order valence-electron chi connectivity index (χ2n) is 4.05. The minimum atomic E-state index is -0.0806. The van der Waals surface area contributed by atoms with Crippen molar-refractivity contribution in [2.45, 2.75) is 32.2 Å². The number of nitrogens with two attached hydrogens (primary N) is 1. The third-order valence-electron chi connectivity index (χ3n) is 2.38. The van der Waals surface area contributed by atoms with Gasteiger partial charge in [-0.2, -0.15) is 0 Å². The van der Waals surface area contributed by atoms with Gasteiger partial charge in [-0.1, -0.05) is 29.3 Å². The first-order valence-electron chi connectivity index (χ1n) is 5.64. The van der Waals surface area contributed by atoms with Gasteiger partial charge in [-0.15, -0.1) is 0 Å². The van der Waals surface area contributed by atoms with Gasteiger partial charge in [0, 0.05) is 25.9 Å². The van der Waals surface area contributed by atoms with E-state index in [-0.39, 0.29) is 11.9 Å². The first kappa shape index (κ1) is 16.1. The number of nitrogens with one attached hydrogen (secondary N) is 1. The average Bonchev–Trinajstić information content (AvgIpc) is 2.23. The highest BCUT2D eigenvalue weighted by molar-refractivity contribution is 9.11. The highest BCUT2D eigenvalue weighted by Crippen LogP contribution is 2.34. The van der Waals surface area contributed by atoms with Gasteiger partial charge in [0.25, 0.3) is 0 Å². The summed E-state index contributed by atoms with van der Waals surface area (Å²) in [6.07, 6.45) is 2.18. The SMILES string of the molecule is CCCC(N)CC(=O)Nc1c(Br)cc(Br)cc1Br. The summed E-state index contributed by atoms with van der Waals surface area (Å²) in [6.45, 7) is 2.06. The zero-order valence-corrected chi connectivity index (χ0v) is 14.7. The fourth-order valence-corrected chi connectivity index (χ4v) is 4.02. The van der Waals surface area contributed by atoms with Crippen LogP contribution in [-0.2, 0) is 4.79 Å². The third kappa shape index (κ3) is 4.99. The van der Waals surface area contributed by atoms with E-state index in [0.29, 0.717) is 6.42 Å². The van der Waals surface area contributed by atoms with E-state index in [1.54, 1.807) is 0 Å². The Morgan fingerprint density at radius 3 is 2.39 bits per heavy atom. The van der Waals surface area contributed by atoms with Gasteiger partial charge in [-0.25, -0.2) is 0 Å². The molecule has 0 radical (unpaired) electrons. The van der Waals surface area contributed by atoms with Crippen molar-refractivity contribution in [3.8, 4) is 0 Å². The predicted molar refractivity (Wildman–Crippen MR) is 85.7 cm³/mol. The van der Waals surface area contributed by atoms with Gasteiger partial charge in [0.15, 0.2) is 0 Å². The molecule has 0 aliphatic heterocycles. The Kier molecular flexibility index (Phi) is 6.84. The summed E-state index contributed by atoms with van der Waals surface area (Å²) in [4.78, 5) is 11.8. The van der Waals surface area contributed by atoms with Crippen LogP contribution in [0.1, 0.15) is 26.2 Å². The molecular formula is C12H15Br3N2O. The fourth-order valence-electron chi connectivity index (χ4n) is 1.56. The number of halogens is 3. The molecule has 1 atom stereocenters. The van der Waals surface area contributed by atoms with Gasteiger partial charge in [0.05, 0.1) is 5.69 Å². The van der Waals surface area contributed by atoms with Gasteiger partial charge >= 0.3 is 0 Å². The number of carbonyl (C=O) groups is 1. The van der Waals surface area contributed by atoms with E-state index in [0.717, 1.165) is 31.9 Å². The smallest absolute Gasteiger partial charge is 0.225 e. The van der Waals surface area contributed by atoms with E-state index >= 15 is 0 Å². The molecule has 1 unspecified atom stereocenters. The van der Waals surface area contributed by atoms with Crippen molar-refractivity contribution in [3.05, 3.63) is 25.6 Å². The fraction of sp³-hybridized carbons (Fsp3) is 0.417. The van der Waals surface area contributed by atoms with E-state index in [9.17, 15) is 4.79 Å². The zero-order chi connectivity index (χ0) is 13.7. The van der Waals surface area contributed by atoms with Crippen molar-refractivity contribution in [3.63, 3.8) is 0 Å². The first-order valence-corrected chi connectivity index (χ1v) is 8.02. The Labute approximate surface area is 132 Å². The minimum Gasteiger partial charge on any atom is -0.327 e. The number of amides is 1. The predicted octanol–water partition coefficient (Wildman–Crippen LogP) is 4.43. The Balaban J connectivity index is 2.70. The van der Waals surface area contributed by atoms with Crippen LogP contribution in [0.5, 0.6) is 0 Å². The van der Waals surface area contributed by atoms with Crippen LogP contribution >= 0.6 is 47.8 Å². The lowest BCUT2D eigenvalue weighted by atomic mass is 10.1. The Hall–Kier alpha value is 0.0900. The molecule has 0 spiro atoms. The van der Waals surface area contributed by atoms with Crippen molar-refractivity contribution in [1.29, 1.82) is 0 Å². The maximum absolute atomic E-state index is 11.8. The van der Waals surface area contributed by atoms with E-state index in [1.807, 2.05) is 12.1 Å². The molecule has 0 aliphatic rings. The van der Waals surface area contributed by atoms with Crippen molar-refractivity contribution >= 4 is 59.4 Å². The van der Waals surface area contributed by atoms with E-state index in [2.05, 4.69) is 60.0 Å². The highest BCUT2D eigenvalue weighted by atomic mass is 79.9. The molecule has 0 bridgehead atoms. The summed E-state index contributed by atoms with van der Waals surface area (Å²) in [6, 6.07) is 3.68. The Morgan fingerprint density at radius 1 is 1.33 bits per heavy atom. The van der Waals surface area contributed by atoms with Gasteiger partial charge in [-0.3, -0.25) is 4.79 Å². The molecule has 0 saturated heterocycles. The summed E-state index contributed by atoms with van der Waals surface area (Å²) in [7, 11) is 0. The molecular weight excluding hydrogens is 428 g/mol. The van der Waals surface area contributed by atoms with Crippen LogP contribution in [0, 0.1) is 0 Å². The number of hydrogen-bond acceptors (Lipinski definition) is 2. The van der Waals surface area contributed by atoms with Crippen molar-refractivity contribution in [2.24, 2.45) is 5.73 Å². The molecule has 1 aromatic carbocycles. The number of anilines is 1. The van der Waals surface area contributed by atoms with Gasteiger partial charge in [0.2, 0.25) is 5.91 Å². The molecule has 18 heavy (non-hydrogen) atoms. The molecule has 6 heteroatoms. The molecule has 0 fully saturated rings. The molecule has 0 aliphatic carbocycles. The molecule has 0 aromatic heterocycles. The van der Waals surface area contributed by atoms with E-state index < -0.39 is 0 Å². The Morgan fingerprint density at radius 2 is 1.89 bits per heavy atom. The van der Waals surface area contributed by atoms with Crippen molar-refractivity contribution in [2.75, 3.05) is 5.32 Å². The van der Waals surface area contributed by atoms with Crippen molar-refractivity contribution in [1.82, 2.24) is 0 Å². The quantitative estimate of drug-likeness (QED) is 0.708. The third-order valence-corrected chi connectivity index (χ3v) is 4.09. The standard InChI is InChI=1S/C12H15Br3N2O/c1-2-3-8(16)6-11(18)17-12-9(14)4-7(13)5-10(12)15/h4-5,8H,2-3,6,16H2,1H3,(H,17,18). The number of benzene rings is 1. The van der Waals surface area contributed by atoms with Crippen LogP contribution < -0.4 is 11.1 Å². The maximum atomic E-state index is 11.8. The topological polar surface area (TPSA) is 55.1 Å². The summed E-state index contributed by atoms with van der Waals surface area (Å²) < 4.78 is 2.57. The largest absolute Gasteiger partial charge is 0.327 e.